The Morgan fingerprint density at radius 1 is 0.935 bits per heavy atom. The summed E-state index contributed by atoms with van der Waals surface area (Å²) >= 11 is 0. The van der Waals surface area contributed by atoms with E-state index in [4.69, 9.17) is 0 Å². The van der Waals surface area contributed by atoms with Gasteiger partial charge in [-0.2, -0.15) is 4.31 Å². The fourth-order valence-electron chi connectivity index (χ4n) is 3.75. The average molecular weight is 442 g/mol. The van der Waals surface area contributed by atoms with E-state index in [9.17, 15) is 17.6 Å². The maximum Gasteiger partial charge on any atom is 0.243 e. The number of benzene rings is 3. The zero-order chi connectivity index (χ0) is 22.0. The third kappa shape index (κ3) is 4.55. The van der Waals surface area contributed by atoms with Crippen LogP contribution < -0.4 is 4.90 Å². The second kappa shape index (κ2) is 8.64. The van der Waals surface area contributed by atoms with Gasteiger partial charge in [0.2, 0.25) is 15.9 Å². The maximum atomic E-state index is 13.1. The van der Waals surface area contributed by atoms with Crippen LogP contribution in [-0.4, -0.2) is 63.3 Å². The third-order valence-electron chi connectivity index (χ3n) is 5.61. The lowest BCUT2D eigenvalue weighted by Crippen LogP contribution is -2.51. The summed E-state index contributed by atoms with van der Waals surface area (Å²) in [6, 6.07) is 18.8. The Morgan fingerprint density at radius 2 is 1.58 bits per heavy atom. The van der Waals surface area contributed by atoms with Gasteiger partial charge in [0.15, 0.2) is 0 Å². The first-order valence-corrected chi connectivity index (χ1v) is 11.5. The van der Waals surface area contributed by atoms with Gasteiger partial charge in [0.1, 0.15) is 5.82 Å². The van der Waals surface area contributed by atoms with E-state index in [1.54, 1.807) is 35.2 Å². The minimum atomic E-state index is -3.78. The largest absolute Gasteiger partial charge is 0.368 e. The normalized spacial score (nSPS) is 14.9. The minimum absolute atomic E-state index is 0.169. The van der Waals surface area contributed by atoms with Gasteiger partial charge < -0.3 is 9.80 Å². The Morgan fingerprint density at radius 3 is 2.26 bits per heavy atom. The summed E-state index contributed by atoms with van der Waals surface area (Å²) in [5.74, 6) is -0.515. The molecule has 0 radical (unpaired) electrons. The first-order valence-electron chi connectivity index (χ1n) is 10.1. The van der Waals surface area contributed by atoms with Crippen LogP contribution >= 0.6 is 0 Å². The van der Waals surface area contributed by atoms with E-state index in [0.29, 0.717) is 26.2 Å². The summed E-state index contributed by atoms with van der Waals surface area (Å²) in [6.45, 7) is 1.98. The van der Waals surface area contributed by atoms with Gasteiger partial charge in [-0.3, -0.25) is 4.79 Å². The second-order valence-electron chi connectivity index (χ2n) is 7.61. The maximum absolute atomic E-state index is 13.1. The summed E-state index contributed by atoms with van der Waals surface area (Å²) in [5, 5.41) is 1.79. The standard InChI is InChI=1S/C23H24FN3O3S/c1-25(31(29,30)22-11-6-18-4-2-3-5-19(18)16-22)17-23(28)27-14-12-26(13-15-27)21-9-7-20(24)8-10-21/h2-11,16H,12-15,17H2,1H3. The van der Waals surface area contributed by atoms with Gasteiger partial charge in [0, 0.05) is 38.9 Å². The molecule has 3 aromatic rings. The van der Waals surface area contributed by atoms with Crippen LogP contribution in [0.25, 0.3) is 10.8 Å². The monoisotopic (exact) mass is 441 g/mol. The highest BCUT2D eigenvalue weighted by Gasteiger charge is 2.27. The van der Waals surface area contributed by atoms with Crippen LogP contribution in [0.2, 0.25) is 0 Å². The Labute approximate surface area is 181 Å². The fourth-order valence-corrected chi connectivity index (χ4v) is 4.91. The zero-order valence-electron chi connectivity index (χ0n) is 17.2. The van der Waals surface area contributed by atoms with Crippen LogP contribution in [0.4, 0.5) is 10.1 Å². The van der Waals surface area contributed by atoms with Crippen LogP contribution in [0.5, 0.6) is 0 Å². The summed E-state index contributed by atoms with van der Waals surface area (Å²) in [6.07, 6.45) is 0. The van der Waals surface area contributed by atoms with E-state index in [0.717, 1.165) is 20.8 Å². The predicted octanol–water partition coefficient (Wildman–Crippen LogP) is 2.95. The summed E-state index contributed by atoms with van der Waals surface area (Å²) in [4.78, 5) is 16.7. The number of fused-ring (bicyclic) bond motifs is 1. The fraction of sp³-hybridized carbons (Fsp3) is 0.261. The lowest BCUT2D eigenvalue weighted by molar-refractivity contribution is -0.131. The molecule has 0 bridgehead atoms. The number of rotatable bonds is 5. The number of amides is 1. The van der Waals surface area contributed by atoms with Crippen LogP contribution in [0.3, 0.4) is 0 Å². The van der Waals surface area contributed by atoms with Crippen molar-refractivity contribution in [3.63, 3.8) is 0 Å². The lowest BCUT2D eigenvalue weighted by Gasteiger charge is -2.36. The second-order valence-corrected chi connectivity index (χ2v) is 9.66. The highest BCUT2D eigenvalue weighted by atomic mass is 32.2. The van der Waals surface area contributed by atoms with Crippen LogP contribution in [0.1, 0.15) is 0 Å². The molecule has 0 saturated carbocycles. The summed E-state index contributed by atoms with van der Waals surface area (Å²) in [5.41, 5.74) is 0.907. The van der Waals surface area contributed by atoms with Crippen molar-refractivity contribution in [2.24, 2.45) is 0 Å². The van der Waals surface area contributed by atoms with Gasteiger partial charge in [-0.25, -0.2) is 12.8 Å². The van der Waals surface area contributed by atoms with E-state index >= 15 is 0 Å². The number of halogens is 1. The summed E-state index contributed by atoms with van der Waals surface area (Å²) < 4.78 is 40.2. The van der Waals surface area contributed by atoms with Crippen LogP contribution in [0, 0.1) is 5.82 Å². The smallest absolute Gasteiger partial charge is 0.243 e. The number of hydrogen-bond donors (Lipinski definition) is 0. The van der Waals surface area contributed by atoms with Crippen molar-refractivity contribution in [2.75, 3.05) is 44.7 Å². The molecule has 1 fully saturated rings. The van der Waals surface area contributed by atoms with Crippen molar-refractivity contribution in [2.45, 2.75) is 4.90 Å². The van der Waals surface area contributed by atoms with Gasteiger partial charge in [-0.05, 0) is 47.2 Å². The number of hydrogen-bond acceptors (Lipinski definition) is 4. The zero-order valence-corrected chi connectivity index (χ0v) is 18.1. The first kappa shape index (κ1) is 21.3. The molecule has 8 heteroatoms. The van der Waals surface area contributed by atoms with E-state index in [1.807, 2.05) is 24.3 Å². The molecule has 1 amide bonds. The molecule has 162 valence electrons. The van der Waals surface area contributed by atoms with Gasteiger partial charge in [-0.15, -0.1) is 0 Å². The van der Waals surface area contributed by atoms with E-state index in [1.165, 1.54) is 19.2 Å². The molecular weight excluding hydrogens is 417 g/mol. The number of carbonyl (C=O) groups is 1. The number of carbonyl (C=O) groups excluding carboxylic acids is 1. The Kier molecular flexibility index (Phi) is 5.93. The lowest BCUT2D eigenvalue weighted by atomic mass is 10.1. The van der Waals surface area contributed by atoms with E-state index in [2.05, 4.69) is 4.90 Å². The molecule has 4 rings (SSSR count). The molecule has 0 unspecified atom stereocenters. The van der Waals surface area contributed by atoms with Crippen molar-refractivity contribution in [3.05, 3.63) is 72.5 Å². The topological polar surface area (TPSA) is 60.9 Å². The Hall–Kier alpha value is -2.97. The molecule has 0 atom stereocenters. The molecule has 0 N–H and O–H groups in total. The minimum Gasteiger partial charge on any atom is -0.368 e. The first-order chi connectivity index (χ1) is 14.8. The SMILES string of the molecule is CN(CC(=O)N1CCN(c2ccc(F)cc2)CC1)S(=O)(=O)c1ccc2ccccc2c1. The van der Waals surface area contributed by atoms with Gasteiger partial charge >= 0.3 is 0 Å². The molecule has 1 aliphatic heterocycles. The Balaban J connectivity index is 1.39. The number of anilines is 1. The number of piperazine rings is 1. The van der Waals surface area contributed by atoms with Gasteiger partial charge in [0.05, 0.1) is 11.4 Å². The summed E-state index contributed by atoms with van der Waals surface area (Å²) in [7, 11) is -2.35. The Bertz CT molecular complexity index is 1190. The van der Waals surface area contributed by atoms with E-state index < -0.39 is 10.0 Å². The highest BCUT2D eigenvalue weighted by Crippen LogP contribution is 2.22. The van der Waals surface area contributed by atoms with Gasteiger partial charge in [0.25, 0.3) is 0 Å². The molecule has 1 saturated heterocycles. The van der Waals surface area contributed by atoms with Crippen molar-refractivity contribution in [1.29, 1.82) is 0 Å². The van der Waals surface area contributed by atoms with Crippen LogP contribution in [-0.2, 0) is 14.8 Å². The highest BCUT2D eigenvalue weighted by molar-refractivity contribution is 7.89. The molecule has 31 heavy (non-hydrogen) atoms. The average Bonchev–Trinajstić information content (AvgIpc) is 2.79. The molecule has 3 aromatic carbocycles. The quantitative estimate of drug-likeness (QED) is 0.611. The molecular formula is C23H24FN3O3S. The van der Waals surface area contributed by atoms with Crippen molar-refractivity contribution in [1.82, 2.24) is 9.21 Å². The van der Waals surface area contributed by atoms with Gasteiger partial charge in [-0.1, -0.05) is 30.3 Å². The molecule has 0 aromatic heterocycles. The molecule has 0 spiro atoms. The molecule has 1 heterocycles. The number of nitrogens with zero attached hydrogens (tertiary/aromatic N) is 3. The van der Waals surface area contributed by atoms with E-state index in [-0.39, 0.29) is 23.2 Å². The van der Waals surface area contributed by atoms with Crippen molar-refractivity contribution >= 4 is 32.4 Å². The number of likely N-dealkylation sites (N-methyl/N-ethyl adjacent to an activating group) is 1. The third-order valence-corrected chi connectivity index (χ3v) is 7.41. The van der Waals surface area contributed by atoms with Crippen molar-refractivity contribution < 1.29 is 17.6 Å². The predicted molar refractivity (Wildman–Crippen MR) is 119 cm³/mol. The van der Waals surface area contributed by atoms with Crippen molar-refractivity contribution in [3.8, 4) is 0 Å². The number of sulfonamides is 1. The molecule has 1 aliphatic rings. The molecule has 0 aliphatic carbocycles. The van der Waals surface area contributed by atoms with Crippen LogP contribution in [0.15, 0.2) is 71.6 Å². The molecule has 6 nitrogen and oxygen atoms in total.